The standard InChI is InChI=1S/C20H28F3N3O/c1-15(19(27)24-18-4-2-3-5-18)26-12-10-25(11-13-26)14-16-6-8-17(9-7-16)20(21,22)23/h6-9,15,18H,2-5,10-14H2,1H3,(H,24,27)/t15-/m1/s1. The minimum atomic E-state index is -4.29. The molecule has 1 amide bonds. The number of amides is 1. The third-order valence-corrected chi connectivity index (χ3v) is 5.72. The predicted octanol–water partition coefficient (Wildman–Crippen LogP) is 3.27. The molecule has 1 aliphatic carbocycles. The van der Waals surface area contributed by atoms with Crippen LogP contribution in [0.1, 0.15) is 43.7 Å². The first kappa shape index (κ1) is 20.1. The molecule has 7 heteroatoms. The van der Waals surface area contributed by atoms with Crippen LogP contribution in [0.5, 0.6) is 0 Å². The number of alkyl halides is 3. The van der Waals surface area contributed by atoms with Crippen molar-refractivity contribution in [2.45, 2.75) is 57.4 Å². The Hall–Kier alpha value is -1.60. The van der Waals surface area contributed by atoms with E-state index < -0.39 is 11.7 Å². The van der Waals surface area contributed by atoms with Crippen molar-refractivity contribution in [3.8, 4) is 0 Å². The highest BCUT2D eigenvalue weighted by atomic mass is 19.4. The Bertz CT molecular complexity index is 618. The molecule has 0 unspecified atom stereocenters. The quantitative estimate of drug-likeness (QED) is 0.848. The Morgan fingerprint density at radius 3 is 2.26 bits per heavy atom. The average Bonchev–Trinajstić information content (AvgIpc) is 3.14. The van der Waals surface area contributed by atoms with Gasteiger partial charge in [-0.1, -0.05) is 25.0 Å². The number of nitrogens with zero attached hydrogens (tertiary/aromatic N) is 2. The second kappa shape index (κ2) is 8.61. The summed E-state index contributed by atoms with van der Waals surface area (Å²) in [6, 6.07) is 5.57. The first-order valence-electron chi connectivity index (χ1n) is 9.76. The van der Waals surface area contributed by atoms with Gasteiger partial charge in [0.05, 0.1) is 11.6 Å². The van der Waals surface area contributed by atoms with Crippen molar-refractivity contribution >= 4 is 5.91 Å². The van der Waals surface area contributed by atoms with Crippen LogP contribution in [0, 0.1) is 0 Å². The molecule has 0 spiro atoms. The van der Waals surface area contributed by atoms with E-state index in [4.69, 9.17) is 0 Å². The van der Waals surface area contributed by atoms with Gasteiger partial charge >= 0.3 is 6.18 Å². The Balaban J connectivity index is 1.45. The molecule has 1 saturated carbocycles. The van der Waals surface area contributed by atoms with E-state index in [-0.39, 0.29) is 11.9 Å². The third-order valence-electron chi connectivity index (χ3n) is 5.72. The Labute approximate surface area is 158 Å². The molecule has 0 aromatic heterocycles. The van der Waals surface area contributed by atoms with Gasteiger partial charge in [0.1, 0.15) is 0 Å². The number of halogens is 3. The van der Waals surface area contributed by atoms with Gasteiger partial charge in [-0.3, -0.25) is 14.6 Å². The van der Waals surface area contributed by atoms with Crippen molar-refractivity contribution in [3.63, 3.8) is 0 Å². The van der Waals surface area contributed by atoms with Crippen LogP contribution in [0.25, 0.3) is 0 Å². The molecule has 1 atom stereocenters. The molecule has 0 radical (unpaired) electrons. The fourth-order valence-corrected chi connectivity index (χ4v) is 3.92. The van der Waals surface area contributed by atoms with E-state index in [1.54, 1.807) is 12.1 Å². The number of hydrogen-bond donors (Lipinski definition) is 1. The number of benzene rings is 1. The number of nitrogens with one attached hydrogen (secondary N) is 1. The highest BCUT2D eigenvalue weighted by Crippen LogP contribution is 2.29. The van der Waals surface area contributed by atoms with Crippen LogP contribution in [0.15, 0.2) is 24.3 Å². The zero-order chi connectivity index (χ0) is 19.4. The van der Waals surface area contributed by atoms with Crippen molar-refractivity contribution < 1.29 is 18.0 Å². The molecule has 3 rings (SSSR count). The zero-order valence-corrected chi connectivity index (χ0v) is 15.8. The SMILES string of the molecule is C[C@H](C(=O)NC1CCCC1)N1CCN(Cc2ccc(C(F)(F)F)cc2)CC1. The Kier molecular flexibility index (Phi) is 6.42. The van der Waals surface area contributed by atoms with E-state index in [9.17, 15) is 18.0 Å². The van der Waals surface area contributed by atoms with Crippen LogP contribution in [0.4, 0.5) is 13.2 Å². The maximum atomic E-state index is 12.6. The first-order chi connectivity index (χ1) is 12.8. The lowest BCUT2D eigenvalue weighted by Gasteiger charge is -2.37. The highest BCUT2D eigenvalue weighted by Gasteiger charge is 2.30. The minimum Gasteiger partial charge on any atom is -0.352 e. The summed E-state index contributed by atoms with van der Waals surface area (Å²) in [4.78, 5) is 16.8. The van der Waals surface area contributed by atoms with Crippen LogP contribution in [-0.2, 0) is 17.5 Å². The van der Waals surface area contributed by atoms with Crippen LogP contribution in [0.2, 0.25) is 0 Å². The molecular weight excluding hydrogens is 355 g/mol. The summed E-state index contributed by atoms with van der Waals surface area (Å²) >= 11 is 0. The van der Waals surface area contributed by atoms with Crippen LogP contribution in [-0.4, -0.2) is 54.0 Å². The number of rotatable bonds is 5. The van der Waals surface area contributed by atoms with E-state index in [1.165, 1.54) is 12.8 Å². The van der Waals surface area contributed by atoms with Gasteiger partial charge in [0.2, 0.25) is 5.91 Å². The smallest absolute Gasteiger partial charge is 0.352 e. The largest absolute Gasteiger partial charge is 0.416 e. The molecule has 1 aromatic carbocycles. The number of piperazine rings is 1. The van der Waals surface area contributed by atoms with Gasteiger partial charge in [-0.2, -0.15) is 13.2 Å². The van der Waals surface area contributed by atoms with Gasteiger partial charge in [-0.05, 0) is 37.5 Å². The Morgan fingerprint density at radius 1 is 1.11 bits per heavy atom. The summed E-state index contributed by atoms with van der Waals surface area (Å²) in [7, 11) is 0. The lowest BCUT2D eigenvalue weighted by atomic mass is 10.1. The fourth-order valence-electron chi connectivity index (χ4n) is 3.92. The summed E-state index contributed by atoms with van der Waals surface area (Å²) < 4.78 is 37.9. The van der Waals surface area contributed by atoms with Gasteiger partial charge in [0.25, 0.3) is 0 Å². The molecule has 150 valence electrons. The van der Waals surface area contributed by atoms with E-state index in [1.807, 2.05) is 6.92 Å². The lowest BCUT2D eigenvalue weighted by molar-refractivity contribution is -0.137. The van der Waals surface area contributed by atoms with Gasteiger partial charge in [-0.15, -0.1) is 0 Å². The summed E-state index contributed by atoms with van der Waals surface area (Å²) in [5.41, 5.74) is 0.265. The molecule has 2 aliphatic rings. The molecule has 0 bridgehead atoms. The molecule has 1 heterocycles. The van der Waals surface area contributed by atoms with Gasteiger partial charge in [0, 0.05) is 38.8 Å². The summed E-state index contributed by atoms with van der Waals surface area (Å²) in [5, 5.41) is 3.16. The topological polar surface area (TPSA) is 35.6 Å². The van der Waals surface area contributed by atoms with Crippen LogP contribution >= 0.6 is 0 Å². The third kappa shape index (κ3) is 5.45. The van der Waals surface area contributed by atoms with Crippen molar-refractivity contribution in [3.05, 3.63) is 35.4 Å². The molecule has 1 saturated heterocycles. The van der Waals surface area contributed by atoms with Crippen molar-refractivity contribution in [2.75, 3.05) is 26.2 Å². The second-order valence-electron chi connectivity index (χ2n) is 7.67. The van der Waals surface area contributed by atoms with E-state index in [0.717, 1.165) is 56.7 Å². The summed E-state index contributed by atoms with van der Waals surface area (Å²) in [6.45, 7) is 5.79. The summed E-state index contributed by atoms with van der Waals surface area (Å²) in [6.07, 6.45) is 0.266. The zero-order valence-electron chi connectivity index (χ0n) is 15.8. The average molecular weight is 383 g/mol. The minimum absolute atomic E-state index is 0.109. The van der Waals surface area contributed by atoms with Crippen molar-refractivity contribution in [1.82, 2.24) is 15.1 Å². The van der Waals surface area contributed by atoms with Gasteiger partial charge in [-0.25, -0.2) is 0 Å². The van der Waals surface area contributed by atoms with Gasteiger partial charge in [0.15, 0.2) is 0 Å². The van der Waals surface area contributed by atoms with Crippen LogP contribution < -0.4 is 5.32 Å². The number of carbonyl (C=O) groups excluding carboxylic acids is 1. The lowest BCUT2D eigenvalue weighted by Crippen LogP contribution is -2.54. The molecule has 4 nitrogen and oxygen atoms in total. The maximum absolute atomic E-state index is 12.6. The molecule has 27 heavy (non-hydrogen) atoms. The maximum Gasteiger partial charge on any atom is 0.416 e. The van der Waals surface area contributed by atoms with Gasteiger partial charge < -0.3 is 5.32 Å². The highest BCUT2D eigenvalue weighted by molar-refractivity contribution is 5.81. The molecule has 1 aromatic rings. The summed E-state index contributed by atoms with van der Waals surface area (Å²) in [5.74, 6) is 0.109. The monoisotopic (exact) mass is 383 g/mol. The second-order valence-corrected chi connectivity index (χ2v) is 7.67. The van der Waals surface area contributed by atoms with Crippen molar-refractivity contribution in [2.24, 2.45) is 0 Å². The molecule has 1 N–H and O–H groups in total. The van der Waals surface area contributed by atoms with E-state index >= 15 is 0 Å². The van der Waals surface area contributed by atoms with Crippen LogP contribution in [0.3, 0.4) is 0 Å². The number of carbonyl (C=O) groups is 1. The molecule has 2 fully saturated rings. The number of hydrogen-bond acceptors (Lipinski definition) is 3. The van der Waals surface area contributed by atoms with E-state index in [0.29, 0.717) is 12.6 Å². The first-order valence-corrected chi connectivity index (χ1v) is 9.76. The Morgan fingerprint density at radius 2 is 1.70 bits per heavy atom. The van der Waals surface area contributed by atoms with Crippen molar-refractivity contribution in [1.29, 1.82) is 0 Å². The predicted molar refractivity (Wildman–Crippen MR) is 98.2 cm³/mol. The van der Waals surface area contributed by atoms with E-state index in [2.05, 4.69) is 15.1 Å². The fraction of sp³-hybridized carbons (Fsp3) is 0.650. The normalized spacial score (nSPS) is 21.3. The molecular formula is C20H28F3N3O. The molecule has 1 aliphatic heterocycles.